The van der Waals surface area contributed by atoms with Crippen LogP contribution >= 0.6 is 0 Å². The quantitative estimate of drug-likeness (QED) is 0.388. The summed E-state index contributed by atoms with van der Waals surface area (Å²) < 4.78 is 29.8. The van der Waals surface area contributed by atoms with Gasteiger partial charge in [0.05, 0.1) is 10.7 Å². The molecule has 78 valence electrons. The lowest BCUT2D eigenvalue weighted by molar-refractivity contribution is -0.290. The predicted molar refractivity (Wildman–Crippen MR) is 40.8 cm³/mol. The first-order valence-electron chi connectivity index (χ1n) is 5.24. The van der Waals surface area contributed by atoms with E-state index in [0.717, 1.165) is 0 Å². The highest BCUT2D eigenvalue weighted by molar-refractivity contribution is 4.89. The molecular weight excluding hydrogens is 180 g/mol. The minimum atomic E-state index is -2.80. The van der Waals surface area contributed by atoms with Gasteiger partial charge in [0, 0.05) is 7.04 Å². The molecule has 13 heavy (non-hydrogen) atoms. The molecule has 0 radical (unpaired) electrons. The third-order valence-corrected chi connectivity index (χ3v) is 1.98. The minimum Gasteiger partial charge on any atom is -0.394 e. The first-order valence-corrected chi connectivity index (χ1v) is 3.74. The minimum absolute atomic E-state index is 0.651. The van der Waals surface area contributed by atoms with Crippen LogP contribution in [0.4, 0.5) is 0 Å². The van der Waals surface area contributed by atoms with Gasteiger partial charge in [-0.05, 0) is 0 Å². The zero-order valence-corrected chi connectivity index (χ0v) is 6.70. The molecule has 1 unspecified atom stereocenters. The summed E-state index contributed by atoms with van der Waals surface area (Å²) in [4.78, 5) is 0. The van der Waals surface area contributed by atoms with Gasteiger partial charge in [-0.15, -0.1) is 0 Å². The van der Waals surface area contributed by atoms with Crippen LogP contribution in [0.1, 0.15) is 4.11 Å². The molecule has 0 saturated carbocycles. The van der Waals surface area contributed by atoms with Gasteiger partial charge in [-0.3, -0.25) is 0 Å². The molecule has 6 heteroatoms. The Bertz CT molecular complexity index is 233. The van der Waals surface area contributed by atoms with E-state index in [0.29, 0.717) is 0 Å². The monoisotopic (exact) mass is 197 g/mol. The Balaban J connectivity index is 2.77. The Hall–Kier alpha value is -0.240. The number of ether oxygens (including phenoxy) is 2. The summed E-state index contributed by atoms with van der Waals surface area (Å²) in [6.07, 6.45) is -7.68. The van der Waals surface area contributed by atoms with E-state index in [1.165, 1.54) is 0 Å². The van der Waals surface area contributed by atoms with Crippen molar-refractivity contribution in [3.05, 3.63) is 0 Å². The van der Waals surface area contributed by atoms with Gasteiger partial charge in [0.25, 0.3) is 0 Å². The smallest absolute Gasteiger partial charge is 0.184 e. The second-order valence-electron chi connectivity index (χ2n) is 2.81. The van der Waals surface area contributed by atoms with Crippen LogP contribution in [-0.4, -0.2) is 64.8 Å². The third kappa shape index (κ3) is 1.98. The van der Waals surface area contributed by atoms with Crippen molar-refractivity contribution in [1.82, 2.24) is 0 Å². The van der Waals surface area contributed by atoms with Crippen LogP contribution in [-0.2, 0) is 9.47 Å². The fourth-order valence-corrected chi connectivity index (χ4v) is 1.21. The molecule has 0 amide bonds. The van der Waals surface area contributed by atoms with E-state index in [1.54, 1.807) is 0 Å². The molecule has 1 rings (SSSR count). The van der Waals surface area contributed by atoms with Crippen LogP contribution < -0.4 is 0 Å². The summed E-state index contributed by atoms with van der Waals surface area (Å²) >= 11 is 0. The van der Waals surface area contributed by atoms with Gasteiger partial charge in [-0.1, -0.05) is 0 Å². The van der Waals surface area contributed by atoms with Crippen molar-refractivity contribution in [2.45, 2.75) is 30.7 Å². The number of methoxy groups -OCH3 is 1. The molecular formula is C7H14O6. The van der Waals surface area contributed by atoms with E-state index in [4.69, 9.17) is 19.1 Å². The zero-order valence-electron chi connectivity index (χ0n) is 9.70. The number of hydrogen-bond donors (Lipinski definition) is 4. The Kier molecular flexibility index (Phi) is 2.36. The van der Waals surface area contributed by atoms with Gasteiger partial charge in [0.2, 0.25) is 0 Å². The second kappa shape index (κ2) is 4.32. The molecule has 4 N–H and O–H groups in total. The van der Waals surface area contributed by atoms with Gasteiger partial charge in [0.1, 0.15) is 24.4 Å². The van der Waals surface area contributed by atoms with Crippen LogP contribution in [0.3, 0.4) is 0 Å². The van der Waals surface area contributed by atoms with Gasteiger partial charge in [0.15, 0.2) is 6.29 Å². The lowest BCUT2D eigenvalue weighted by atomic mass is 9.99. The lowest BCUT2D eigenvalue weighted by Gasteiger charge is -2.39. The largest absolute Gasteiger partial charge is 0.394 e. The maximum atomic E-state index is 9.50. The first kappa shape index (κ1) is 7.10. The standard InChI is InChI=1S/C7H14O6/c1-12-6-3(2-8)13-7(11)5(10)4(6)9/h3-11H,2H2,1H3/t3-,4-,5-,6-,7?/m1/s1/i1D3. The molecule has 1 saturated heterocycles. The first-order chi connectivity index (χ1) is 7.26. The molecule has 0 bridgehead atoms. The number of hydrogen-bond acceptors (Lipinski definition) is 6. The molecule has 1 heterocycles. The van der Waals surface area contributed by atoms with E-state index in [2.05, 4.69) is 4.74 Å². The Labute approximate surface area is 79.5 Å². The van der Waals surface area contributed by atoms with Gasteiger partial charge in [-0.25, -0.2) is 0 Å². The summed E-state index contributed by atoms with van der Waals surface area (Å²) in [6, 6.07) is 0. The summed E-state index contributed by atoms with van der Waals surface area (Å²) in [6.45, 7) is -0.651. The number of aliphatic hydroxyl groups is 4. The van der Waals surface area contributed by atoms with Crippen molar-refractivity contribution >= 4 is 0 Å². The molecule has 0 aromatic carbocycles. The molecule has 0 aromatic rings. The van der Waals surface area contributed by atoms with Crippen LogP contribution in [0.5, 0.6) is 0 Å². The fraction of sp³-hybridized carbons (Fsp3) is 1.00. The highest BCUT2D eigenvalue weighted by atomic mass is 16.6. The summed E-state index contributed by atoms with van der Waals surface area (Å²) in [7, 11) is -2.80. The van der Waals surface area contributed by atoms with Crippen LogP contribution in [0.25, 0.3) is 0 Å². The maximum Gasteiger partial charge on any atom is 0.184 e. The Morgan fingerprint density at radius 2 is 2.08 bits per heavy atom. The SMILES string of the molecule is [2H]C([2H])([2H])O[C@H]1[C@H](O)[C@@H](O)C(O)O[C@@H]1CO. The highest BCUT2D eigenvalue weighted by Gasteiger charge is 2.43. The highest BCUT2D eigenvalue weighted by Crippen LogP contribution is 2.21. The van der Waals surface area contributed by atoms with E-state index >= 15 is 0 Å². The molecule has 1 aliphatic rings. The zero-order chi connectivity index (χ0) is 12.5. The predicted octanol–water partition coefficient (Wildman–Crippen LogP) is -2.57. The molecule has 0 aliphatic carbocycles. The van der Waals surface area contributed by atoms with E-state index in [9.17, 15) is 10.2 Å². The van der Waals surface area contributed by atoms with Crippen LogP contribution in [0, 0.1) is 0 Å². The van der Waals surface area contributed by atoms with Crippen molar-refractivity contribution in [1.29, 1.82) is 0 Å². The molecule has 0 aromatic heterocycles. The molecule has 5 atom stereocenters. The van der Waals surface area contributed by atoms with E-state index in [1.807, 2.05) is 0 Å². The average molecular weight is 197 g/mol. The van der Waals surface area contributed by atoms with E-state index < -0.39 is 44.4 Å². The Morgan fingerprint density at radius 3 is 2.62 bits per heavy atom. The van der Waals surface area contributed by atoms with Crippen molar-refractivity contribution in [2.75, 3.05) is 13.6 Å². The van der Waals surface area contributed by atoms with Gasteiger partial charge >= 0.3 is 0 Å². The average Bonchev–Trinajstić information content (AvgIpc) is 2.17. The normalized spacial score (nSPS) is 50.8. The fourth-order valence-electron chi connectivity index (χ4n) is 1.21. The second-order valence-corrected chi connectivity index (χ2v) is 2.81. The molecule has 1 fully saturated rings. The topological polar surface area (TPSA) is 99.4 Å². The van der Waals surface area contributed by atoms with Gasteiger partial charge in [-0.2, -0.15) is 0 Å². The van der Waals surface area contributed by atoms with Crippen molar-refractivity contribution < 1.29 is 34.0 Å². The summed E-state index contributed by atoms with van der Waals surface area (Å²) in [5.41, 5.74) is 0. The molecule has 6 nitrogen and oxygen atoms in total. The number of rotatable bonds is 2. The number of aliphatic hydroxyl groups excluding tert-OH is 4. The Morgan fingerprint density at radius 1 is 1.38 bits per heavy atom. The lowest BCUT2D eigenvalue weighted by Crippen LogP contribution is -2.59. The molecule has 1 aliphatic heterocycles. The third-order valence-electron chi connectivity index (χ3n) is 1.98. The van der Waals surface area contributed by atoms with Crippen molar-refractivity contribution in [3.63, 3.8) is 0 Å². The van der Waals surface area contributed by atoms with Crippen LogP contribution in [0.15, 0.2) is 0 Å². The van der Waals surface area contributed by atoms with Crippen molar-refractivity contribution in [2.24, 2.45) is 0 Å². The summed E-state index contributed by atoms with van der Waals surface area (Å²) in [5.74, 6) is 0. The van der Waals surface area contributed by atoms with E-state index in [-0.39, 0.29) is 0 Å². The maximum absolute atomic E-state index is 9.50. The van der Waals surface area contributed by atoms with Crippen molar-refractivity contribution in [3.8, 4) is 0 Å². The van der Waals surface area contributed by atoms with Gasteiger partial charge < -0.3 is 29.9 Å². The summed E-state index contributed by atoms with van der Waals surface area (Å²) in [5, 5.41) is 36.8. The molecule has 0 spiro atoms. The van der Waals surface area contributed by atoms with Crippen LogP contribution in [0.2, 0.25) is 0 Å².